The molecule has 0 fully saturated rings. The molecule has 2 aromatic carbocycles. The van der Waals surface area contributed by atoms with Crippen molar-refractivity contribution in [2.45, 2.75) is 6.29 Å². The van der Waals surface area contributed by atoms with Crippen molar-refractivity contribution in [3.63, 3.8) is 0 Å². The molecular weight excluding hydrogens is 279 g/mol. The molecule has 0 radical (unpaired) electrons. The predicted octanol–water partition coefficient (Wildman–Crippen LogP) is 3.44. The van der Waals surface area contributed by atoms with Crippen molar-refractivity contribution < 1.29 is 4.39 Å². The molecule has 1 atom stereocenters. The molecular formula is C14H12ClFN4. The molecule has 6 heteroatoms. The fourth-order valence-corrected chi connectivity index (χ4v) is 2.11. The van der Waals surface area contributed by atoms with Crippen LogP contribution in [0.4, 0.5) is 15.8 Å². The van der Waals surface area contributed by atoms with Gasteiger partial charge in [0.25, 0.3) is 0 Å². The van der Waals surface area contributed by atoms with Gasteiger partial charge in [0.2, 0.25) is 6.29 Å². The van der Waals surface area contributed by atoms with Crippen molar-refractivity contribution in [1.82, 2.24) is 4.42 Å². The summed E-state index contributed by atoms with van der Waals surface area (Å²) in [6.45, 7) is 0. The molecule has 0 aliphatic carbocycles. The van der Waals surface area contributed by atoms with E-state index in [-0.39, 0.29) is 12.1 Å². The largest absolute Gasteiger partial charge is 0.346 e. The van der Waals surface area contributed by atoms with E-state index in [1.807, 2.05) is 30.3 Å². The molecule has 0 spiro atoms. The first-order chi connectivity index (χ1) is 9.74. The summed E-state index contributed by atoms with van der Waals surface area (Å²) in [4.78, 5) is 0. The molecule has 102 valence electrons. The van der Waals surface area contributed by atoms with E-state index in [4.69, 9.17) is 11.8 Å². The molecule has 2 aromatic rings. The van der Waals surface area contributed by atoms with Crippen LogP contribution >= 0.6 is 11.8 Å². The Balaban J connectivity index is 1.83. The summed E-state index contributed by atoms with van der Waals surface area (Å²) in [7, 11) is 0. The third kappa shape index (κ3) is 2.53. The third-order valence-electron chi connectivity index (χ3n) is 2.91. The van der Waals surface area contributed by atoms with Crippen molar-refractivity contribution in [2.75, 3.05) is 10.3 Å². The number of nitrogens with one attached hydrogen (secondary N) is 1. The lowest BCUT2D eigenvalue weighted by molar-refractivity contribution is 0.536. The molecule has 0 saturated heterocycles. The van der Waals surface area contributed by atoms with Gasteiger partial charge >= 0.3 is 0 Å². The molecule has 1 heterocycles. The molecule has 4 nitrogen and oxygen atoms in total. The van der Waals surface area contributed by atoms with Crippen LogP contribution in [0, 0.1) is 5.82 Å². The van der Waals surface area contributed by atoms with Crippen LogP contribution in [0.5, 0.6) is 0 Å². The maximum atomic E-state index is 13.0. The Kier molecular flexibility index (Phi) is 3.43. The number of benzene rings is 2. The third-order valence-corrected chi connectivity index (χ3v) is 3.18. The van der Waals surface area contributed by atoms with E-state index < -0.39 is 0 Å². The van der Waals surface area contributed by atoms with Crippen LogP contribution in [-0.4, -0.2) is 17.0 Å². The van der Waals surface area contributed by atoms with E-state index >= 15 is 0 Å². The normalized spacial score (nSPS) is 17.6. The van der Waals surface area contributed by atoms with Gasteiger partial charge in [-0.1, -0.05) is 18.2 Å². The lowest BCUT2D eigenvalue weighted by atomic mass is 10.3. The highest BCUT2D eigenvalue weighted by atomic mass is 35.5. The number of para-hydroxylation sites is 1. The van der Waals surface area contributed by atoms with E-state index in [0.717, 1.165) is 11.4 Å². The molecule has 1 unspecified atom stereocenters. The second-order valence-electron chi connectivity index (χ2n) is 4.28. The number of hydrogen-bond donors (Lipinski definition) is 1. The van der Waals surface area contributed by atoms with Crippen LogP contribution in [0.2, 0.25) is 0 Å². The highest BCUT2D eigenvalue weighted by Crippen LogP contribution is 2.25. The Labute approximate surface area is 121 Å². The first-order valence-electron chi connectivity index (χ1n) is 6.09. The van der Waals surface area contributed by atoms with E-state index in [0.29, 0.717) is 0 Å². The maximum absolute atomic E-state index is 13.0. The van der Waals surface area contributed by atoms with Gasteiger partial charge in [-0.3, -0.25) is 0 Å². The molecule has 0 saturated carbocycles. The minimum absolute atomic E-state index is 0.285. The molecule has 0 amide bonds. The summed E-state index contributed by atoms with van der Waals surface area (Å²) in [6, 6.07) is 15.8. The van der Waals surface area contributed by atoms with Crippen LogP contribution in [-0.2, 0) is 0 Å². The molecule has 20 heavy (non-hydrogen) atoms. The predicted molar refractivity (Wildman–Crippen MR) is 78.9 cm³/mol. The zero-order chi connectivity index (χ0) is 13.9. The van der Waals surface area contributed by atoms with Crippen LogP contribution < -0.4 is 10.3 Å². The number of anilines is 2. The van der Waals surface area contributed by atoms with Gasteiger partial charge in [0, 0.05) is 17.5 Å². The first kappa shape index (κ1) is 12.7. The Morgan fingerprint density at radius 1 is 1.05 bits per heavy atom. The van der Waals surface area contributed by atoms with Crippen LogP contribution in [0.15, 0.2) is 59.7 Å². The van der Waals surface area contributed by atoms with Crippen molar-refractivity contribution in [1.29, 1.82) is 0 Å². The van der Waals surface area contributed by atoms with Crippen molar-refractivity contribution in [2.24, 2.45) is 5.10 Å². The Morgan fingerprint density at radius 3 is 2.45 bits per heavy atom. The van der Waals surface area contributed by atoms with E-state index in [2.05, 4.69) is 10.4 Å². The average Bonchev–Trinajstić information content (AvgIpc) is 2.83. The Bertz CT molecular complexity index is 602. The second-order valence-corrected chi connectivity index (χ2v) is 4.67. The summed E-state index contributed by atoms with van der Waals surface area (Å²) >= 11 is 6.11. The minimum atomic E-state index is -0.371. The lowest BCUT2D eigenvalue weighted by Gasteiger charge is -2.27. The van der Waals surface area contributed by atoms with Gasteiger partial charge in [0.1, 0.15) is 12.2 Å². The fraction of sp³-hybridized carbons (Fsp3) is 0.0714. The molecule has 0 aromatic heterocycles. The molecule has 1 aliphatic heterocycles. The van der Waals surface area contributed by atoms with Gasteiger partial charge in [-0.15, -0.1) is 0 Å². The van der Waals surface area contributed by atoms with Crippen molar-refractivity contribution in [3.05, 3.63) is 60.4 Å². The van der Waals surface area contributed by atoms with Crippen LogP contribution in [0.25, 0.3) is 0 Å². The van der Waals surface area contributed by atoms with Gasteiger partial charge in [-0.05, 0) is 36.4 Å². The van der Waals surface area contributed by atoms with Gasteiger partial charge in [-0.25, -0.2) is 13.8 Å². The van der Waals surface area contributed by atoms with Gasteiger partial charge in [0.05, 0.1) is 5.69 Å². The molecule has 3 rings (SSSR count). The van der Waals surface area contributed by atoms with Crippen molar-refractivity contribution >= 4 is 29.5 Å². The monoisotopic (exact) mass is 290 g/mol. The smallest absolute Gasteiger partial charge is 0.213 e. The number of rotatable bonds is 3. The zero-order valence-electron chi connectivity index (χ0n) is 10.4. The van der Waals surface area contributed by atoms with Crippen molar-refractivity contribution in [3.8, 4) is 0 Å². The molecule has 1 N–H and O–H groups in total. The summed E-state index contributed by atoms with van der Waals surface area (Å²) in [5.74, 6) is -0.285. The van der Waals surface area contributed by atoms with E-state index in [1.165, 1.54) is 22.9 Å². The Morgan fingerprint density at radius 2 is 1.75 bits per heavy atom. The zero-order valence-corrected chi connectivity index (χ0v) is 11.2. The molecule has 0 bridgehead atoms. The summed E-state index contributed by atoms with van der Waals surface area (Å²) in [6.07, 6.45) is 1.13. The van der Waals surface area contributed by atoms with Gasteiger partial charge < -0.3 is 5.32 Å². The minimum Gasteiger partial charge on any atom is -0.346 e. The number of hydrogen-bond acceptors (Lipinski definition) is 4. The summed E-state index contributed by atoms with van der Waals surface area (Å²) < 4.78 is 14.4. The van der Waals surface area contributed by atoms with Gasteiger partial charge in [-0.2, -0.15) is 5.10 Å². The topological polar surface area (TPSA) is 30.9 Å². The second kappa shape index (κ2) is 5.38. The van der Waals surface area contributed by atoms with E-state index in [1.54, 1.807) is 17.1 Å². The number of hydrazone groups is 1. The summed E-state index contributed by atoms with van der Waals surface area (Å²) in [5.41, 5.74) is 1.67. The first-order valence-corrected chi connectivity index (χ1v) is 6.42. The quantitative estimate of drug-likeness (QED) is 0.879. The lowest BCUT2D eigenvalue weighted by Crippen LogP contribution is -2.41. The summed E-state index contributed by atoms with van der Waals surface area (Å²) in [5, 5.41) is 9.15. The fourth-order valence-electron chi connectivity index (χ4n) is 1.94. The highest BCUT2D eigenvalue weighted by Gasteiger charge is 2.28. The van der Waals surface area contributed by atoms with Gasteiger partial charge in [0.15, 0.2) is 0 Å². The Hall–Kier alpha value is -2.27. The van der Waals surface area contributed by atoms with Crippen LogP contribution in [0.3, 0.4) is 0 Å². The highest BCUT2D eigenvalue weighted by molar-refractivity contribution is 6.19. The average molecular weight is 291 g/mol. The standard InChI is InChI=1S/C14H12ClFN4/c15-19-10-17-20(13-8-6-11(16)7-9-13)14(19)18-12-4-2-1-3-5-12/h1-10,14,18H. The number of nitrogens with zero attached hydrogens (tertiary/aromatic N) is 3. The van der Waals surface area contributed by atoms with E-state index in [9.17, 15) is 4.39 Å². The van der Waals surface area contributed by atoms with Crippen LogP contribution in [0.1, 0.15) is 0 Å². The SMILES string of the molecule is Fc1ccc(N2N=CN(Cl)C2Nc2ccccc2)cc1. The molecule has 1 aliphatic rings. The number of halogens is 2. The maximum Gasteiger partial charge on any atom is 0.213 e.